The third-order valence-electron chi connectivity index (χ3n) is 5.35. The Balaban J connectivity index is 1.91. The zero-order valence-electron chi connectivity index (χ0n) is 15.3. The number of hydrogen-bond acceptors (Lipinski definition) is 9. The highest BCUT2D eigenvalue weighted by Crippen LogP contribution is 2.36. The number of phenolic OH excluding ortho intramolecular Hbond substituents is 2. The molecule has 6 N–H and O–H groups in total. The van der Waals surface area contributed by atoms with Crippen molar-refractivity contribution in [1.29, 1.82) is 0 Å². The van der Waals surface area contributed by atoms with E-state index in [4.69, 9.17) is 9.15 Å². The number of hydrogen-bond donors (Lipinski definition) is 6. The molecule has 0 spiro atoms. The number of aryl methyl sites for hydroxylation is 1. The van der Waals surface area contributed by atoms with Crippen LogP contribution in [0, 0.1) is 6.92 Å². The molecule has 0 amide bonds. The number of aromatic hydroxyl groups is 2. The first-order valence-corrected chi connectivity index (χ1v) is 8.96. The lowest BCUT2D eigenvalue weighted by Crippen LogP contribution is -2.55. The van der Waals surface area contributed by atoms with Gasteiger partial charge < -0.3 is 39.8 Å². The molecular formula is C20H20O9. The van der Waals surface area contributed by atoms with Crippen molar-refractivity contribution in [2.75, 3.05) is 6.61 Å². The lowest BCUT2D eigenvalue weighted by molar-refractivity contribution is -0.231. The molecule has 154 valence electrons. The molecule has 0 bridgehead atoms. The molecule has 2 heterocycles. The molecule has 1 fully saturated rings. The smallest absolute Gasteiger partial charge is 0.200 e. The zero-order chi connectivity index (χ0) is 21.0. The summed E-state index contributed by atoms with van der Waals surface area (Å²) in [4.78, 5) is 12.9. The first-order valence-electron chi connectivity index (χ1n) is 8.96. The lowest BCUT2D eigenvalue weighted by Gasteiger charge is -2.40. The van der Waals surface area contributed by atoms with Gasteiger partial charge in [0.2, 0.25) is 5.43 Å². The van der Waals surface area contributed by atoms with Gasteiger partial charge in [-0.1, -0.05) is 0 Å². The van der Waals surface area contributed by atoms with Crippen LogP contribution in [-0.4, -0.2) is 61.7 Å². The molecule has 0 saturated carbocycles. The van der Waals surface area contributed by atoms with Crippen molar-refractivity contribution in [3.63, 3.8) is 0 Å². The number of ether oxygens (including phenoxy) is 1. The first-order chi connectivity index (χ1) is 13.7. The number of benzene rings is 2. The third-order valence-corrected chi connectivity index (χ3v) is 5.35. The van der Waals surface area contributed by atoms with Gasteiger partial charge in [0.05, 0.1) is 17.4 Å². The lowest BCUT2D eigenvalue weighted by atomic mass is 9.88. The Morgan fingerprint density at radius 2 is 1.52 bits per heavy atom. The number of rotatable bonds is 2. The predicted octanol–water partition coefficient (Wildman–Crippen LogP) is 0.181. The summed E-state index contributed by atoms with van der Waals surface area (Å²) in [5.74, 6) is -0.889. The molecule has 2 aromatic carbocycles. The van der Waals surface area contributed by atoms with Gasteiger partial charge in [0.15, 0.2) is 11.5 Å². The van der Waals surface area contributed by atoms with Crippen molar-refractivity contribution in [3.8, 4) is 11.5 Å². The van der Waals surface area contributed by atoms with Crippen LogP contribution >= 0.6 is 0 Å². The average Bonchev–Trinajstić information content (AvgIpc) is 2.68. The number of aliphatic hydroxyl groups excluding tert-OH is 4. The molecule has 1 aromatic heterocycles. The SMILES string of the molecule is Cc1cc2oc3cc(O)c(O)cc3c(=O)c2cc1C1OC(CO)C(O)C(O)C1O. The number of phenols is 2. The van der Waals surface area contributed by atoms with Gasteiger partial charge in [0.1, 0.15) is 41.7 Å². The van der Waals surface area contributed by atoms with Crippen LogP contribution in [0.25, 0.3) is 21.9 Å². The molecule has 5 unspecified atom stereocenters. The van der Waals surface area contributed by atoms with Crippen LogP contribution in [0.2, 0.25) is 0 Å². The summed E-state index contributed by atoms with van der Waals surface area (Å²) in [5.41, 5.74) is 0.801. The maximum Gasteiger partial charge on any atom is 0.200 e. The van der Waals surface area contributed by atoms with Crippen molar-refractivity contribution in [2.24, 2.45) is 0 Å². The Labute approximate surface area is 163 Å². The monoisotopic (exact) mass is 404 g/mol. The van der Waals surface area contributed by atoms with E-state index in [1.54, 1.807) is 13.0 Å². The largest absolute Gasteiger partial charge is 0.504 e. The van der Waals surface area contributed by atoms with Gasteiger partial charge >= 0.3 is 0 Å². The van der Waals surface area contributed by atoms with E-state index >= 15 is 0 Å². The standard InChI is InChI=1S/C20H20O9/c1-7-2-13-9(16(24)10-4-11(22)12(23)5-14(10)28-13)3-8(7)20-19(27)18(26)17(25)15(6-21)29-20/h2-5,15,17-23,25-27H,6H2,1H3. The van der Waals surface area contributed by atoms with Crippen LogP contribution in [0.3, 0.4) is 0 Å². The van der Waals surface area contributed by atoms with Crippen LogP contribution < -0.4 is 5.43 Å². The molecule has 29 heavy (non-hydrogen) atoms. The highest BCUT2D eigenvalue weighted by atomic mass is 16.5. The van der Waals surface area contributed by atoms with E-state index in [0.717, 1.165) is 12.1 Å². The van der Waals surface area contributed by atoms with Gasteiger partial charge in [-0.3, -0.25) is 4.79 Å². The van der Waals surface area contributed by atoms with E-state index in [1.165, 1.54) is 6.07 Å². The third kappa shape index (κ3) is 3.04. The molecule has 1 saturated heterocycles. The molecule has 0 radical (unpaired) electrons. The molecule has 5 atom stereocenters. The summed E-state index contributed by atoms with van der Waals surface area (Å²) in [7, 11) is 0. The second-order valence-electron chi connectivity index (χ2n) is 7.22. The Hall–Kier alpha value is -2.69. The summed E-state index contributed by atoms with van der Waals surface area (Å²) in [6.07, 6.45) is -6.71. The van der Waals surface area contributed by atoms with Gasteiger partial charge in [0, 0.05) is 6.07 Å². The minimum absolute atomic E-state index is 0.0522. The van der Waals surface area contributed by atoms with E-state index in [9.17, 15) is 35.4 Å². The summed E-state index contributed by atoms with van der Waals surface area (Å²) in [5, 5.41) is 59.4. The second-order valence-corrected chi connectivity index (χ2v) is 7.22. The van der Waals surface area contributed by atoms with Crippen LogP contribution in [-0.2, 0) is 4.74 Å². The molecule has 3 aromatic rings. The Morgan fingerprint density at radius 1 is 0.897 bits per heavy atom. The first kappa shape index (κ1) is 19.6. The van der Waals surface area contributed by atoms with Gasteiger partial charge in [-0.25, -0.2) is 0 Å². The normalized spacial score (nSPS) is 27.6. The van der Waals surface area contributed by atoms with E-state index in [-0.39, 0.29) is 21.9 Å². The van der Waals surface area contributed by atoms with E-state index in [2.05, 4.69) is 0 Å². The van der Waals surface area contributed by atoms with Crippen LogP contribution in [0.5, 0.6) is 11.5 Å². The maximum atomic E-state index is 12.9. The molecule has 1 aliphatic rings. The van der Waals surface area contributed by atoms with E-state index < -0.39 is 54.1 Å². The molecule has 1 aliphatic heterocycles. The highest BCUT2D eigenvalue weighted by molar-refractivity contribution is 5.92. The maximum absolute atomic E-state index is 12.9. The van der Waals surface area contributed by atoms with Crippen LogP contribution in [0.4, 0.5) is 0 Å². The summed E-state index contributed by atoms with van der Waals surface area (Å²) in [6, 6.07) is 5.25. The zero-order valence-corrected chi connectivity index (χ0v) is 15.3. The van der Waals surface area contributed by atoms with Crippen molar-refractivity contribution in [2.45, 2.75) is 37.4 Å². The predicted molar refractivity (Wildman–Crippen MR) is 101 cm³/mol. The van der Waals surface area contributed by atoms with E-state index in [1.807, 2.05) is 0 Å². The van der Waals surface area contributed by atoms with Gasteiger partial charge in [-0.05, 0) is 36.2 Å². The minimum atomic E-state index is -1.55. The molecular weight excluding hydrogens is 384 g/mol. The topological polar surface area (TPSA) is 161 Å². The fraction of sp³-hybridized carbons (Fsp3) is 0.350. The quantitative estimate of drug-likeness (QED) is 0.258. The Kier molecular flexibility index (Phi) is 4.72. The van der Waals surface area contributed by atoms with Crippen molar-refractivity contribution in [1.82, 2.24) is 0 Å². The van der Waals surface area contributed by atoms with Crippen molar-refractivity contribution < 1.29 is 39.8 Å². The van der Waals surface area contributed by atoms with Crippen molar-refractivity contribution in [3.05, 3.63) is 45.6 Å². The molecule has 0 aliphatic carbocycles. The molecule has 9 heteroatoms. The van der Waals surface area contributed by atoms with Crippen molar-refractivity contribution >= 4 is 21.9 Å². The van der Waals surface area contributed by atoms with Crippen LogP contribution in [0.1, 0.15) is 17.2 Å². The Bertz CT molecular complexity index is 1150. The number of aliphatic hydroxyl groups is 4. The van der Waals surface area contributed by atoms with Gasteiger partial charge in [-0.2, -0.15) is 0 Å². The average molecular weight is 404 g/mol. The summed E-state index contributed by atoms with van der Waals surface area (Å²) < 4.78 is 11.3. The van der Waals surface area contributed by atoms with Crippen LogP contribution in [0.15, 0.2) is 33.5 Å². The minimum Gasteiger partial charge on any atom is -0.504 e. The van der Waals surface area contributed by atoms with Gasteiger partial charge in [0.25, 0.3) is 0 Å². The summed E-state index contributed by atoms with van der Waals surface area (Å²) >= 11 is 0. The number of fused-ring (bicyclic) bond motifs is 2. The van der Waals surface area contributed by atoms with E-state index in [0.29, 0.717) is 11.1 Å². The summed E-state index contributed by atoms with van der Waals surface area (Å²) in [6.45, 7) is 1.12. The molecule has 9 nitrogen and oxygen atoms in total. The fourth-order valence-electron chi connectivity index (χ4n) is 3.71. The highest BCUT2D eigenvalue weighted by Gasteiger charge is 2.44. The molecule has 4 rings (SSSR count). The Morgan fingerprint density at radius 3 is 2.21 bits per heavy atom. The van der Waals surface area contributed by atoms with Gasteiger partial charge in [-0.15, -0.1) is 0 Å². The fourth-order valence-corrected chi connectivity index (χ4v) is 3.71. The second kappa shape index (κ2) is 6.97.